The SMILES string of the molecule is CC1CCCCCN1c1c(C(=N)N)cnc2ccccc12. The molecule has 0 bridgehead atoms. The number of aromatic nitrogens is 1. The highest BCUT2D eigenvalue weighted by Crippen LogP contribution is 2.33. The molecule has 21 heavy (non-hydrogen) atoms. The molecule has 0 spiro atoms. The number of para-hydroxylation sites is 1. The number of pyridine rings is 1. The average Bonchev–Trinajstić information content (AvgIpc) is 2.70. The number of nitrogens with zero attached hydrogens (tertiary/aromatic N) is 2. The summed E-state index contributed by atoms with van der Waals surface area (Å²) in [5.41, 5.74) is 8.62. The van der Waals surface area contributed by atoms with Crippen LogP contribution >= 0.6 is 0 Å². The fourth-order valence-electron chi connectivity index (χ4n) is 3.24. The Morgan fingerprint density at radius 1 is 1.29 bits per heavy atom. The highest BCUT2D eigenvalue weighted by Gasteiger charge is 2.23. The number of amidine groups is 1. The number of hydrogen-bond acceptors (Lipinski definition) is 3. The maximum Gasteiger partial charge on any atom is 0.126 e. The quantitative estimate of drug-likeness (QED) is 0.656. The lowest BCUT2D eigenvalue weighted by atomic mass is 10.0. The van der Waals surface area contributed by atoms with Crippen LogP contribution in [0.4, 0.5) is 5.69 Å². The van der Waals surface area contributed by atoms with Crippen LogP contribution in [0.3, 0.4) is 0 Å². The van der Waals surface area contributed by atoms with Gasteiger partial charge in [0.25, 0.3) is 0 Å². The summed E-state index contributed by atoms with van der Waals surface area (Å²) in [5, 5.41) is 9.00. The number of rotatable bonds is 2. The van der Waals surface area contributed by atoms with Crippen LogP contribution in [0.2, 0.25) is 0 Å². The first kappa shape index (κ1) is 13.9. The van der Waals surface area contributed by atoms with Gasteiger partial charge in [-0.15, -0.1) is 0 Å². The van der Waals surface area contributed by atoms with Gasteiger partial charge in [0.05, 0.1) is 16.8 Å². The van der Waals surface area contributed by atoms with E-state index in [1.54, 1.807) is 6.20 Å². The molecule has 1 saturated heterocycles. The molecule has 1 aliphatic rings. The van der Waals surface area contributed by atoms with Gasteiger partial charge in [-0.05, 0) is 25.8 Å². The Balaban J connectivity index is 2.22. The maximum absolute atomic E-state index is 7.90. The molecule has 0 saturated carbocycles. The minimum Gasteiger partial charge on any atom is -0.384 e. The highest BCUT2D eigenvalue weighted by molar-refractivity contribution is 6.07. The molecule has 2 aromatic rings. The van der Waals surface area contributed by atoms with Crippen molar-refractivity contribution in [3.63, 3.8) is 0 Å². The zero-order valence-electron chi connectivity index (χ0n) is 12.5. The fourth-order valence-corrected chi connectivity index (χ4v) is 3.24. The molecule has 1 fully saturated rings. The van der Waals surface area contributed by atoms with E-state index in [1.165, 1.54) is 25.7 Å². The largest absolute Gasteiger partial charge is 0.384 e. The van der Waals surface area contributed by atoms with Crippen molar-refractivity contribution >= 4 is 22.4 Å². The molecule has 2 heterocycles. The van der Waals surface area contributed by atoms with E-state index in [2.05, 4.69) is 22.9 Å². The third-order valence-electron chi connectivity index (χ3n) is 4.38. The van der Waals surface area contributed by atoms with Gasteiger partial charge in [-0.1, -0.05) is 31.0 Å². The van der Waals surface area contributed by atoms with Crippen molar-refractivity contribution in [2.75, 3.05) is 11.4 Å². The van der Waals surface area contributed by atoms with Crippen LogP contribution in [0.15, 0.2) is 30.5 Å². The summed E-state index contributed by atoms with van der Waals surface area (Å²) in [6.45, 7) is 3.29. The van der Waals surface area contributed by atoms with Crippen molar-refractivity contribution in [3.05, 3.63) is 36.0 Å². The van der Waals surface area contributed by atoms with Crippen molar-refractivity contribution in [1.29, 1.82) is 5.41 Å². The van der Waals surface area contributed by atoms with E-state index in [4.69, 9.17) is 11.1 Å². The Bertz CT molecular complexity index is 665. The first-order valence-corrected chi connectivity index (χ1v) is 7.67. The Hall–Kier alpha value is -2.10. The molecule has 1 atom stereocenters. The zero-order chi connectivity index (χ0) is 14.8. The molecule has 1 aromatic heterocycles. The molecule has 110 valence electrons. The van der Waals surface area contributed by atoms with Crippen molar-refractivity contribution < 1.29 is 0 Å². The highest BCUT2D eigenvalue weighted by atomic mass is 15.2. The maximum atomic E-state index is 7.90. The Morgan fingerprint density at radius 3 is 2.90 bits per heavy atom. The van der Waals surface area contributed by atoms with Gasteiger partial charge >= 0.3 is 0 Å². The van der Waals surface area contributed by atoms with Gasteiger partial charge in [-0.25, -0.2) is 0 Å². The van der Waals surface area contributed by atoms with Gasteiger partial charge in [0, 0.05) is 24.2 Å². The summed E-state index contributed by atoms with van der Waals surface area (Å²) < 4.78 is 0. The van der Waals surface area contributed by atoms with Gasteiger partial charge in [0.15, 0.2) is 0 Å². The van der Waals surface area contributed by atoms with E-state index in [1.807, 2.05) is 18.2 Å². The number of fused-ring (bicyclic) bond motifs is 1. The summed E-state index contributed by atoms with van der Waals surface area (Å²) in [6.07, 6.45) is 6.68. The van der Waals surface area contributed by atoms with Crippen LogP contribution in [0.25, 0.3) is 10.9 Å². The predicted molar refractivity (Wildman–Crippen MR) is 88.0 cm³/mol. The summed E-state index contributed by atoms with van der Waals surface area (Å²) in [5.74, 6) is 0.0969. The lowest BCUT2D eigenvalue weighted by molar-refractivity contribution is 0.617. The number of benzene rings is 1. The van der Waals surface area contributed by atoms with Crippen molar-refractivity contribution in [3.8, 4) is 0 Å². The van der Waals surface area contributed by atoms with Crippen LogP contribution in [0, 0.1) is 5.41 Å². The van der Waals surface area contributed by atoms with E-state index < -0.39 is 0 Å². The Morgan fingerprint density at radius 2 is 2.10 bits per heavy atom. The van der Waals surface area contributed by atoms with Gasteiger partial charge in [0.2, 0.25) is 0 Å². The summed E-state index contributed by atoms with van der Waals surface area (Å²) in [7, 11) is 0. The smallest absolute Gasteiger partial charge is 0.126 e. The monoisotopic (exact) mass is 282 g/mol. The molecule has 0 amide bonds. The molecule has 3 rings (SSSR count). The third-order valence-corrected chi connectivity index (χ3v) is 4.38. The first-order chi connectivity index (χ1) is 10.2. The molecule has 0 radical (unpaired) electrons. The second-order valence-corrected chi connectivity index (χ2v) is 5.84. The molecule has 1 aliphatic heterocycles. The number of nitrogens with two attached hydrogens (primary N) is 1. The molecule has 3 N–H and O–H groups in total. The Kier molecular flexibility index (Phi) is 3.78. The fraction of sp³-hybridized carbons (Fsp3) is 0.412. The van der Waals surface area contributed by atoms with E-state index in [9.17, 15) is 0 Å². The lowest BCUT2D eigenvalue weighted by Crippen LogP contribution is -2.34. The second-order valence-electron chi connectivity index (χ2n) is 5.84. The minimum absolute atomic E-state index is 0.0969. The zero-order valence-corrected chi connectivity index (χ0v) is 12.5. The van der Waals surface area contributed by atoms with E-state index >= 15 is 0 Å². The summed E-state index contributed by atoms with van der Waals surface area (Å²) >= 11 is 0. The van der Waals surface area contributed by atoms with Crippen molar-refractivity contribution in [2.45, 2.75) is 38.6 Å². The topological polar surface area (TPSA) is 66.0 Å². The van der Waals surface area contributed by atoms with Crippen LogP contribution in [0.1, 0.15) is 38.2 Å². The third kappa shape index (κ3) is 2.58. The molecule has 1 aromatic carbocycles. The molecule has 4 heteroatoms. The predicted octanol–water partition coefficient (Wildman–Crippen LogP) is 3.29. The summed E-state index contributed by atoms with van der Waals surface area (Å²) in [4.78, 5) is 6.88. The normalized spacial score (nSPS) is 19.5. The lowest BCUT2D eigenvalue weighted by Gasteiger charge is -2.32. The number of hydrogen-bond donors (Lipinski definition) is 2. The van der Waals surface area contributed by atoms with Crippen molar-refractivity contribution in [1.82, 2.24) is 4.98 Å². The standard InChI is InChI=1S/C17H22N4/c1-12-7-3-2-6-10-21(12)16-13-8-4-5-9-15(13)20-11-14(16)17(18)19/h4-5,8-9,11-12H,2-3,6-7,10H2,1H3,(H3,18,19). The van der Waals surface area contributed by atoms with Gasteiger partial charge in [-0.3, -0.25) is 10.4 Å². The average molecular weight is 282 g/mol. The molecular formula is C17H22N4. The van der Waals surface area contributed by atoms with Gasteiger partial charge < -0.3 is 10.6 Å². The van der Waals surface area contributed by atoms with E-state index in [0.29, 0.717) is 6.04 Å². The summed E-state index contributed by atoms with van der Waals surface area (Å²) in [6, 6.07) is 8.60. The Labute approximate surface area is 125 Å². The van der Waals surface area contributed by atoms with Crippen LogP contribution in [-0.4, -0.2) is 23.4 Å². The van der Waals surface area contributed by atoms with Crippen LogP contribution < -0.4 is 10.6 Å². The van der Waals surface area contributed by atoms with Crippen LogP contribution in [-0.2, 0) is 0 Å². The van der Waals surface area contributed by atoms with Gasteiger partial charge in [0.1, 0.15) is 5.84 Å². The number of nitrogens with one attached hydrogen (secondary N) is 1. The van der Waals surface area contributed by atoms with Gasteiger partial charge in [-0.2, -0.15) is 0 Å². The number of anilines is 1. The van der Waals surface area contributed by atoms with Crippen molar-refractivity contribution in [2.24, 2.45) is 5.73 Å². The molecular weight excluding hydrogens is 260 g/mol. The number of nitrogen functional groups attached to an aromatic ring is 1. The molecule has 4 nitrogen and oxygen atoms in total. The second kappa shape index (κ2) is 5.72. The molecule has 0 aliphatic carbocycles. The first-order valence-electron chi connectivity index (χ1n) is 7.67. The van der Waals surface area contributed by atoms with Crippen LogP contribution in [0.5, 0.6) is 0 Å². The van der Waals surface area contributed by atoms with E-state index in [0.717, 1.165) is 28.7 Å². The molecule has 1 unspecified atom stereocenters. The van der Waals surface area contributed by atoms with E-state index in [-0.39, 0.29) is 5.84 Å². The minimum atomic E-state index is 0.0969.